The molecule has 0 aliphatic heterocycles. The summed E-state index contributed by atoms with van der Waals surface area (Å²) in [6.45, 7) is -0.0662. The summed E-state index contributed by atoms with van der Waals surface area (Å²) in [5, 5.41) is 8.87. The molecule has 0 fully saturated rings. The fraction of sp³-hybridized carbons (Fsp3) is 0.273. The van der Waals surface area contributed by atoms with Crippen LogP contribution in [0.1, 0.15) is 5.56 Å². The predicted octanol–water partition coefficient (Wildman–Crippen LogP) is 1.79. The number of benzene rings is 1. The van der Waals surface area contributed by atoms with Crippen LogP contribution in [0, 0.1) is 11.3 Å². The van der Waals surface area contributed by atoms with E-state index in [1.807, 2.05) is 6.07 Å². The van der Waals surface area contributed by atoms with Crippen molar-refractivity contribution in [1.29, 1.82) is 5.26 Å². The maximum absolute atomic E-state index is 11.3. The topological polar surface area (TPSA) is 53.3 Å². The summed E-state index contributed by atoms with van der Waals surface area (Å²) in [6, 6.07) is 7.08. The van der Waals surface area contributed by atoms with E-state index in [4.69, 9.17) is 10.00 Å². The molecular weight excluding hydrogens is 272 g/mol. The van der Waals surface area contributed by atoms with Gasteiger partial charge in [-0.1, -0.05) is 15.9 Å². The normalized spacial score (nSPS) is 9.38. The van der Waals surface area contributed by atoms with Gasteiger partial charge < -0.3 is 9.64 Å². The smallest absolute Gasteiger partial charge is 0.259 e. The Hall–Kier alpha value is -1.54. The van der Waals surface area contributed by atoms with Crippen molar-refractivity contribution in [1.82, 2.24) is 4.90 Å². The van der Waals surface area contributed by atoms with Gasteiger partial charge in [-0.2, -0.15) is 5.26 Å². The van der Waals surface area contributed by atoms with E-state index in [0.29, 0.717) is 11.3 Å². The second kappa shape index (κ2) is 5.52. The SMILES string of the molecule is CN(C)C(=O)COc1ccc(Br)cc1C#N. The molecule has 0 bridgehead atoms. The van der Waals surface area contributed by atoms with Gasteiger partial charge in [0.25, 0.3) is 5.91 Å². The molecule has 0 N–H and O–H groups in total. The Balaban J connectivity index is 2.75. The number of carbonyl (C=O) groups excluding carboxylic acids is 1. The van der Waals surface area contributed by atoms with E-state index in [-0.39, 0.29) is 12.5 Å². The molecule has 84 valence electrons. The van der Waals surface area contributed by atoms with Crippen LogP contribution in [0.15, 0.2) is 22.7 Å². The summed E-state index contributed by atoms with van der Waals surface area (Å²) in [5.74, 6) is 0.271. The van der Waals surface area contributed by atoms with Crippen LogP contribution < -0.4 is 4.74 Å². The van der Waals surface area contributed by atoms with Crippen LogP contribution >= 0.6 is 15.9 Å². The zero-order valence-corrected chi connectivity index (χ0v) is 10.6. The quantitative estimate of drug-likeness (QED) is 0.849. The maximum Gasteiger partial charge on any atom is 0.259 e. The average molecular weight is 283 g/mol. The van der Waals surface area contributed by atoms with Gasteiger partial charge >= 0.3 is 0 Å². The highest BCUT2D eigenvalue weighted by atomic mass is 79.9. The standard InChI is InChI=1S/C11H11BrN2O2/c1-14(2)11(15)7-16-10-4-3-9(12)5-8(10)6-13/h3-5H,7H2,1-2H3. The molecule has 1 amide bonds. The molecule has 0 aromatic heterocycles. The van der Waals surface area contributed by atoms with Crippen molar-refractivity contribution in [3.8, 4) is 11.8 Å². The van der Waals surface area contributed by atoms with Gasteiger partial charge in [-0.15, -0.1) is 0 Å². The fourth-order valence-electron chi connectivity index (χ4n) is 0.984. The van der Waals surface area contributed by atoms with Crippen molar-refractivity contribution in [2.45, 2.75) is 0 Å². The number of nitrogens with zero attached hydrogens (tertiary/aromatic N) is 2. The summed E-state index contributed by atoms with van der Waals surface area (Å²) < 4.78 is 6.07. The van der Waals surface area contributed by atoms with Crippen molar-refractivity contribution in [2.75, 3.05) is 20.7 Å². The summed E-state index contributed by atoms with van der Waals surface area (Å²) in [7, 11) is 3.30. The lowest BCUT2D eigenvalue weighted by Crippen LogP contribution is -2.27. The molecule has 0 aliphatic carbocycles. The molecule has 4 nitrogen and oxygen atoms in total. The molecule has 0 unspecified atom stereocenters. The third-order valence-corrected chi connectivity index (χ3v) is 2.41. The van der Waals surface area contributed by atoms with E-state index in [2.05, 4.69) is 15.9 Å². The molecule has 0 radical (unpaired) electrons. The van der Waals surface area contributed by atoms with E-state index in [1.54, 1.807) is 32.3 Å². The third kappa shape index (κ3) is 3.24. The lowest BCUT2D eigenvalue weighted by atomic mass is 10.2. The highest BCUT2D eigenvalue weighted by molar-refractivity contribution is 9.10. The second-order valence-electron chi connectivity index (χ2n) is 3.33. The van der Waals surface area contributed by atoms with Crippen LogP contribution in [-0.4, -0.2) is 31.5 Å². The minimum atomic E-state index is -0.146. The zero-order chi connectivity index (χ0) is 12.1. The van der Waals surface area contributed by atoms with E-state index in [0.717, 1.165) is 4.47 Å². The number of nitriles is 1. The Labute approximate surface area is 103 Å². The van der Waals surface area contributed by atoms with E-state index < -0.39 is 0 Å². The Kier molecular flexibility index (Phi) is 4.32. The van der Waals surface area contributed by atoms with Gasteiger partial charge in [-0.05, 0) is 18.2 Å². The molecule has 0 aliphatic rings. The minimum absolute atomic E-state index is 0.0662. The number of halogens is 1. The molecule has 1 aromatic carbocycles. The third-order valence-electron chi connectivity index (χ3n) is 1.91. The molecule has 0 heterocycles. The first-order valence-electron chi connectivity index (χ1n) is 4.57. The van der Waals surface area contributed by atoms with Crippen LogP contribution in [0.3, 0.4) is 0 Å². The molecule has 0 saturated carbocycles. The number of hydrogen-bond donors (Lipinski definition) is 0. The van der Waals surface area contributed by atoms with Crippen LogP contribution in [0.2, 0.25) is 0 Å². The number of rotatable bonds is 3. The first-order valence-corrected chi connectivity index (χ1v) is 5.36. The van der Waals surface area contributed by atoms with Crippen molar-refractivity contribution in [3.63, 3.8) is 0 Å². The Morgan fingerprint density at radius 2 is 2.25 bits per heavy atom. The largest absolute Gasteiger partial charge is 0.482 e. The van der Waals surface area contributed by atoms with Crippen molar-refractivity contribution in [3.05, 3.63) is 28.2 Å². The summed E-state index contributed by atoms with van der Waals surface area (Å²) >= 11 is 3.26. The molecular formula is C11H11BrN2O2. The predicted molar refractivity (Wildman–Crippen MR) is 63.0 cm³/mol. The number of ether oxygens (including phenoxy) is 1. The van der Waals surface area contributed by atoms with E-state index >= 15 is 0 Å². The van der Waals surface area contributed by atoms with Crippen LogP contribution in [-0.2, 0) is 4.79 Å². The molecule has 16 heavy (non-hydrogen) atoms. The lowest BCUT2D eigenvalue weighted by molar-refractivity contribution is -0.130. The molecule has 1 rings (SSSR count). The van der Waals surface area contributed by atoms with Gasteiger partial charge in [0, 0.05) is 18.6 Å². The van der Waals surface area contributed by atoms with Gasteiger partial charge in [-0.3, -0.25) is 4.79 Å². The number of likely N-dealkylation sites (N-methyl/N-ethyl adjacent to an activating group) is 1. The van der Waals surface area contributed by atoms with Crippen LogP contribution in [0.4, 0.5) is 0 Å². The first-order chi connectivity index (χ1) is 7.54. The molecule has 5 heteroatoms. The van der Waals surface area contributed by atoms with Gasteiger partial charge in [0.05, 0.1) is 5.56 Å². The Morgan fingerprint density at radius 3 is 2.81 bits per heavy atom. The highest BCUT2D eigenvalue weighted by Crippen LogP contribution is 2.22. The Morgan fingerprint density at radius 1 is 1.56 bits per heavy atom. The highest BCUT2D eigenvalue weighted by Gasteiger charge is 2.08. The zero-order valence-electron chi connectivity index (χ0n) is 9.03. The lowest BCUT2D eigenvalue weighted by Gasteiger charge is -2.12. The second-order valence-corrected chi connectivity index (χ2v) is 4.24. The first kappa shape index (κ1) is 12.5. The van der Waals surface area contributed by atoms with E-state index in [9.17, 15) is 4.79 Å². The molecule has 1 aromatic rings. The Bertz CT molecular complexity index is 438. The van der Waals surface area contributed by atoms with Gasteiger partial charge in [0.2, 0.25) is 0 Å². The average Bonchev–Trinajstić information content (AvgIpc) is 2.26. The number of hydrogen-bond acceptors (Lipinski definition) is 3. The number of amides is 1. The van der Waals surface area contributed by atoms with Gasteiger partial charge in [0.1, 0.15) is 11.8 Å². The molecule has 0 saturated heterocycles. The van der Waals surface area contributed by atoms with Crippen molar-refractivity contribution >= 4 is 21.8 Å². The van der Waals surface area contributed by atoms with Crippen LogP contribution in [0.5, 0.6) is 5.75 Å². The number of carbonyl (C=O) groups is 1. The van der Waals surface area contributed by atoms with Crippen molar-refractivity contribution in [2.24, 2.45) is 0 Å². The fourth-order valence-corrected chi connectivity index (χ4v) is 1.35. The van der Waals surface area contributed by atoms with E-state index in [1.165, 1.54) is 4.90 Å². The van der Waals surface area contributed by atoms with Gasteiger partial charge in [0.15, 0.2) is 6.61 Å². The summed E-state index contributed by atoms with van der Waals surface area (Å²) in [6.07, 6.45) is 0. The monoisotopic (exact) mass is 282 g/mol. The van der Waals surface area contributed by atoms with Crippen molar-refractivity contribution < 1.29 is 9.53 Å². The molecule has 0 atom stereocenters. The van der Waals surface area contributed by atoms with Crippen LogP contribution in [0.25, 0.3) is 0 Å². The minimum Gasteiger partial charge on any atom is -0.482 e. The van der Waals surface area contributed by atoms with Gasteiger partial charge in [-0.25, -0.2) is 0 Å². The molecule has 0 spiro atoms. The summed E-state index contributed by atoms with van der Waals surface area (Å²) in [5.41, 5.74) is 0.404. The summed E-state index contributed by atoms with van der Waals surface area (Å²) in [4.78, 5) is 12.7. The maximum atomic E-state index is 11.3.